The van der Waals surface area contributed by atoms with Gasteiger partial charge in [-0.05, 0) is 36.9 Å². The molecule has 0 bridgehead atoms. The lowest BCUT2D eigenvalue weighted by molar-refractivity contribution is 0.544. The van der Waals surface area contributed by atoms with Gasteiger partial charge >= 0.3 is 0 Å². The highest BCUT2D eigenvalue weighted by Crippen LogP contribution is 2.23. The minimum Gasteiger partial charge on any atom is -0.333 e. The van der Waals surface area contributed by atoms with Crippen LogP contribution in [0.2, 0.25) is 0 Å². The summed E-state index contributed by atoms with van der Waals surface area (Å²) in [5.41, 5.74) is 1.27. The van der Waals surface area contributed by atoms with E-state index in [9.17, 15) is 0 Å². The molecule has 1 aromatic heterocycles. The molecule has 0 saturated carbocycles. The summed E-state index contributed by atoms with van der Waals surface area (Å²) in [5, 5.41) is 3.55. The normalized spacial score (nSPS) is 12.6. The number of aromatic nitrogens is 2. The molecule has 1 heterocycles. The summed E-state index contributed by atoms with van der Waals surface area (Å²) in [6, 6.07) is 8.92. The maximum absolute atomic E-state index is 4.57. The van der Waals surface area contributed by atoms with Gasteiger partial charge in [-0.2, -0.15) is 0 Å². The van der Waals surface area contributed by atoms with E-state index in [0.717, 1.165) is 25.3 Å². The number of aryl methyl sites for hydroxylation is 1. The Balaban J connectivity index is 2.31. The highest BCUT2D eigenvalue weighted by atomic mass is 32.2. The monoisotopic (exact) mass is 289 g/mol. The maximum atomic E-state index is 4.57. The van der Waals surface area contributed by atoms with Crippen LogP contribution < -0.4 is 5.32 Å². The molecule has 1 N–H and O–H groups in total. The number of nitrogens with zero attached hydrogens (tertiary/aromatic N) is 2. The summed E-state index contributed by atoms with van der Waals surface area (Å²) < 4.78 is 2.25. The number of nitrogens with one attached hydrogen (secondary N) is 1. The van der Waals surface area contributed by atoms with E-state index in [-0.39, 0.29) is 6.04 Å². The van der Waals surface area contributed by atoms with Crippen molar-refractivity contribution in [3.63, 3.8) is 0 Å². The fourth-order valence-corrected chi connectivity index (χ4v) is 2.78. The minimum absolute atomic E-state index is 0.164. The number of benzene rings is 1. The van der Waals surface area contributed by atoms with Gasteiger partial charge in [-0.3, -0.25) is 0 Å². The van der Waals surface area contributed by atoms with Crippen LogP contribution in [0.1, 0.15) is 37.7 Å². The van der Waals surface area contributed by atoms with Crippen LogP contribution in [0, 0.1) is 0 Å². The molecule has 0 aliphatic carbocycles. The predicted octanol–water partition coefficient (Wildman–Crippen LogP) is 3.71. The van der Waals surface area contributed by atoms with E-state index in [0.29, 0.717) is 0 Å². The van der Waals surface area contributed by atoms with Gasteiger partial charge in [0.2, 0.25) is 0 Å². The molecule has 2 aromatic rings. The summed E-state index contributed by atoms with van der Waals surface area (Å²) in [5.74, 6) is 1.10. The van der Waals surface area contributed by atoms with E-state index >= 15 is 0 Å². The average Bonchev–Trinajstić information content (AvgIpc) is 2.93. The third-order valence-corrected chi connectivity index (χ3v) is 4.07. The van der Waals surface area contributed by atoms with Gasteiger partial charge in [0, 0.05) is 23.8 Å². The average molecular weight is 289 g/mol. The quantitative estimate of drug-likeness (QED) is 0.788. The van der Waals surface area contributed by atoms with E-state index in [1.54, 1.807) is 11.8 Å². The molecule has 1 unspecified atom stereocenters. The van der Waals surface area contributed by atoms with Crippen molar-refractivity contribution < 1.29 is 0 Å². The number of hydrogen-bond acceptors (Lipinski definition) is 3. The van der Waals surface area contributed by atoms with Gasteiger partial charge in [-0.1, -0.05) is 26.0 Å². The molecule has 0 radical (unpaired) electrons. The second-order valence-corrected chi connectivity index (χ2v) is 5.62. The first-order chi connectivity index (χ1) is 9.80. The summed E-state index contributed by atoms with van der Waals surface area (Å²) in [6.07, 6.45) is 7.18. The van der Waals surface area contributed by atoms with E-state index < -0.39 is 0 Å². The molecular weight excluding hydrogens is 266 g/mol. The number of hydrogen-bond donors (Lipinski definition) is 1. The van der Waals surface area contributed by atoms with Crippen LogP contribution in [0.3, 0.4) is 0 Å². The van der Waals surface area contributed by atoms with Crippen LogP contribution in [-0.4, -0.2) is 22.4 Å². The Kier molecular flexibility index (Phi) is 5.68. The van der Waals surface area contributed by atoms with Gasteiger partial charge < -0.3 is 9.88 Å². The van der Waals surface area contributed by atoms with Gasteiger partial charge in [0.25, 0.3) is 0 Å². The third kappa shape index (κ3) is 3.44. The first-order valence-corrected chi connectivity index (χ1v) is 8.41. The van der Waals surface area contributed by atoms with E-state index in [1.165, 1.54) is 10.5 Å². The van der Waals surface area contributed by atoms with Crippen LogP contribution in [0.15, 0.2) is 41.6 Å². The SMILES string of the molecule is CCCn1ccnc1C(NCC)c1ccc(SC)cc1. The van der Waals surface area contributed by atoms with Crippen molar-refractivity contribution in [2.45, 2.75) is 37.8 Å². The zero-order valence-electron chi connectivity index (χ0n) is 12.5. The van der Waals surface area contributed by atoms with Crippen molar-refractivity contribution in [3.8, 4) is 0 Å². The summed E-state index contributed by atoms with van der Waals surface area (Å²) in [4.78, 5) is 5.86. The second kappa shape index (κ2) is 7.50. The molecule has 1 atom stereocenters. The van der Waals surface area contributed by atoms with Gasteiger partial charge in [-0.25, -0.2) is 4.98 Å². The smallest absolute Gasteiger partial charge is 0.130 e. The maximum Gasteiger partial charge on any atom is 0.130 e. The fraction of sp³-hybridized carbons (Fsp3) is 0.438. The van der Waals surface area contributed by atoms with Crippen molar-refractivity contribution in [2.24, 2.45) is 0 Å². The fourth-order valence-electron chi connectivity index (χ4n) is 2.37. The van der Waals surface area contributed by atoms with Crippen LogP contribution in [0.5, 0.6) is 0 Å². The minimum atomic E-state index is 0.164. The molecule has 4 heteroatoms. The predicted molar refractivity (Wildman–Crippen MR) is 86.3 cm³/mol. The Bertz CT molecular complexity index is 519. The van der Waals surface area contributed by atoms with Crippen LogP contribution in [0.4, 0.5) is 0 Å². The molecule has 0 spiro atoms. The molecule has 0 saturated heterocycles. The first-order valence-electron chi connectivity index (χ1n) is 7.18. The molecule has 0 aliphatic heterocycles. The van der Waals surface area contributed by atoms with Crippen molar-refractivity contribution in [1.29, 1.82) is 0 Å². The first kappa shape index (κ1) is 15.1. The lowest BCUT2D eigenvalue weighted by Gasteiger charge is -2.19. The Morgan fingerprint density at radius 1 is 1.25 bits per heavy atom. The standard InChI is InChI=1S/C16H23N3S/c1-4-11-19-12-10-18-16(19)15(17-5-2)13-6-8-14(20-3)9-7-13/h6-10,12,15,17H,4-5,11H2,1-3H3. The molecular formula is C16H23N3S. The van der Waals surface area contributed by atoms with Crippen molar-refractivity contribution in [1.82, 2.24) is 14.9 Å². The molecule has 3 nitrogen and oxygen atoms in total. The molecule has 2 rings (SSSR count). The van der Waals surface area contributed by atoms with E-state index in [1.807, 2.05) is 6.20 Å². The Morgan fingerprint density at radius 3 is 2.60 bits per heavy atom. The summed E-state index contributed by atoms with van der Waals surface area (Å²) in [6.45, 7) is 6.27. The van der Waals surface area contributed by atoms with Crippen LogP contribution >= 0.6 is 11.8 Å². The summed E-state index contributed by atoms with van der Waals surface area (Å²) >= 11 is 1.77. The number of thioether (sulfide) groups is 1. The second-order valence-electron chi connectivity index (χ2n) is 4.74. The lowest BCUT2D eigenvalue weighted by Crippen LogP contribution is -2.25. The third-order valence-electron chi connectivity index (χ3n) is 3.33. The molecule has 0 aliphatic rings. The molecule has 1 aromatic carbocycles. The van der Waals surface area contributed by atoms with Gasteiger partial charge in [0.15, 0.2) is 0 Å². The number of imidazole rings is 1. The Hall–Kier alpha value is -1.26. The van der Waals surface area contributed by atoms with Crippen LogP contribution in [0.25, 0.3) is 0 Å². The van der Waals surface area contributed by atoms with Crippen LogP contribution in [-0.2, 0) is 6.54 Å². The van der Waals surface area contributed by atoms with Gasteiger partial charge in [-0.15, -0.1) is 11.8 Å². The molecule has 20 heavy (non-hydrogen) atoms. The van der Waals surface area contributed by atoms with Gasteiger partial charge in [0.1, 0.15) is 5.82 Å². The van der Waals surface area contributed by atoms with E-state index in [2.05, 4.69) is 65.4 Å². The topological polar surface area (TPSA) is 29.9 Å². The summed E-state index contributed by atoms with van der Waals surface area (Å²) in [7, 11) is 0. The number of rotatable bonds is 7. The lowest BCUT2D eigenvalue weighted by atomic mass is 10.1. The van der Waals surface area contributed by atoms with Crippen molar-refractivity contribution >= 4 is 11.8 Å². The highest BCUT2D eigenvalue weighted by molar-refractivity contribution is 7.98. The Labute approximate surface area is 125 Å². The molecule has 0 amide bonds. The highest BCUT2D eigenvalue weighted by Gasteiger charge is 2.17. The zero-order valence-corrected chi connectivity index (χ0v) is 13.3. The Morgan fingerprint density at radius 2 is 2.00 bits per heavy atom. The van der Waals surface area contributed by atoms with Gasteiger partial charge in [0.05, 0.1) is 6.04 Å². The molecule has 108 valence electrons. The molecule has 0 fully saturated rings. The van der Waals surface area contributed by atoms with Crippen molar-refractivity contribution in [3.05, 3.63) is 48.0 Å². The zero-order chi connectivity index (χ0) is 14.4. The largest absolute Gasteiger partial charge is 0.333 e. The van der Waals surface area contributed by atoms with E-state index in [4.69, 9.17) is 0 Å². The van der Waals surface area contributed by atoms with Crippen molar-refractivity contribution in [2.75, 3.05) is 12.8 Å².